The van der Waals surface area contributed by atoms with Crippen molar-refractivity contribution in [3.8, 4) is 5.69 Å². The number of amides is 1. The predicted molar refractivity (Wildman–Crippen MR) is 137 cm³/mol. The topological polar surface area (TPSA) is 73.8 Å². The molecule has 1 aromatic heterocycles. The summed E-state index contributed by atoms with van der Waals surface area (Å²) in [7, 11) is 0. The zero-order valence-electron chi connectivity index (χ0n) is 18.4. The van der Waals surface area contributed by atoms with Gasteiger partial charge in [0.25, 0.3) is 5.91 Å². The van der Waals surface area contributed by atoms with Crippen LogP contribution in [0.25, 0.3) is 11.8 Å². The lowest BCUT2D eigenvalue weighted by Gasteiger charge is -2.20. The molecule has 0 atom stereocenters. The number of hydrogen-bond acceptors (Lipinski definition) is 4. The van der Waals surface area contributed by atoms with E-state index >= 15 is 0 Å². The first-order valence-electron chi connectivity index (χ1n) is 11.0. The van der Waals surface area contributed by atoms with Gasteiger partial charge in [0, 0.05) is 22.3 Å². The number of nitrogens with one attached hydrogen (secondary N) is 1. The molecule has 3 aliphatic rings. The fourth-order valence-electron chi connectivity index (χ4n) is 4.64. The second kappa shape index (κ2) is 8.78. The number of aliphatic imine (C=N–C) groups is 1. The minimum Gasteiger partial charge on any atom is -0.316 e. The molecular formula is C24H23Cl2N5OS. The van der Waals surface area contributed by atoms with Crippen molar-refractivity contribution in [3.05, 3.63) is 56.8 Å². The van der Waals surface area contributed by atoms with Crippen LogP contribution in [0.5, 0.6) is 0 Å². The van der Waals surface area contributed by atoms with Gasteiger partial charge in [-0.2, -0.15) is 15.1 Å². The summed E-state index contributed by atoms with van der Waals surface area (Å²) in [4.78, 5) is 17.1. The van der Waals surface area contributed by atoms with Gasteiger partial charge in [0.1, 0.15) is 5.04 Å². The molecule has 5 rings (SSSR count). The quantitative estimate of drug-likeness (QED) is 0.483. The van der Waals surface area contributed by atoms with Gasteiger partial charge in [0.15, 0.2) is 5.84 Å². The van der Waals surface area contributed by atoms with E-state index in [-0.39, 0.29) is 11.4 Å². The largest absolute Gasteiger partial charge is 0.316 e. The molecule has 2 aliphatic heterocycles. The highest BCUT2D eigenvalue weighted by atomic mass is 35.5. The van der Waals surface area contributed by atoms with Crippen molar-refractivity contribution in [2.75, 3.05) is 0 Å². The molecule has 9 heteroatoms. The number of rotatable bonds is 3. The van der Waals surface area contributed by atoms with Crippen molar-refractivity contribution < 1.29 is 4.79 Å². The standard InChI is InChI=1S/C24H23Cl2N5OS/c1-13-10-16(14(2)30(13)20-9-8-17(25)12-19(20)26)11-18-21(27)31-24(28-22(18)32)33-23(29-31)15-6-4-3-5-7-15/h8-12,15,27H,3-7H2,1-2H3. The molecule has 0 bridgehead atoms. The summed E-state index contributed by atoms with van der Waals surface area (Å²) >= 11 is 13.9. The van der Waals surface area contributed by atoms with Gasteiger partial charge in [-0.25, -0.2) is 0 Å². The summed E-state index contributed by atoms with van der Waals surface area (Å²) in [6.07, 6.45) is 7.61. The third-order valence-electron chi connectivity index (χ3n) is 6.35. The summed E-state index contributed by atoms with van der Waals surface area (Å²) < 4.78 is 2.02. The van der Waals surface area contributed by atoms with E-state index in [1.807, 2.05) is 30.5 Å². The van der Waals surface area contributed by atoms with E-state index < -0.39 is 5.91 Å². The number of hydrazone groups is 1. The monoisotopic (exact) mass is 499 g/mol. The maximum Gasteiger partial charge on any atom is 0.283 e. The van der Waals surface area contributed by atoms with Crippen molar-refractivity contribution in [1.29, 1.82) is 5.41 Å². The molecule has 0 saturated heterocycles. The van der Waals surface area contributed by atoms with Crippen LogP contribution in [0.2, 0.25) is 10.0 Å². The zero-order valence-corrected chi connectivity index (χ0v) is 20.7. The highest BCUT2D eigenvalue weighted by Gasteiger charge is 2.38. The SMILES string of the molecule is Cc1cc(C=C2C(=N)N3N=C(C4CCCCC4)SC3=NC2=O)c(C)n1-c1ccc(Cl)cc1Cl. The lowest BCUT2D eigenvalue weighted by Crippen LogP contribution is -2.35. The number of thioether (sulfide) groups is 1. The molecular weight excluding hydrogens is 477 g/mol. The van der Waals surface area contributed by atoms with E-state index in [9.17, 15) is 4.79 Å². The van der Waals surface area contributed by atoms with Crippen LogP contribution in [0.4, 0.5) is 0 Å². The fourth-order valence-corrected chi connectivity index (χ4v) is 6.20. The maximum absolute atomic E-state index is 12.9. The highest BCUT2D eigenvalue weighted by Crippen LogP contribution is 2.37. The maximum atomic E-state index is 12.9. The van der Waals surface area contributed by atoms with E-state index in [0.717, 1.165) is 40.5 Å². The molecule has 33 heavy (non-hydrogen) atoms. The van der Waals surface area contributed by atoms with Crippen LogP contribution >= 0.6 is 35.0 Å². The molecule has 1 aromatic carbocycles. The van der Waals surface area contributed by atoms with Crippen molar-refractivity contribution in [1.82, 2.24) is 9.58 Å². The van der Waals surface area contributed by atoms with Crippen LogP contribution in [0.3, 0.4) is 0 Å². The molecule has 2 aromatic rings. The summed E-state index contributed by atoms with van der Waals surface area (Å²) in [6, 6.07) is 7.35. The third-order valence-corrected chi connectivity index (χ3v) is 7.95. The molecule has 3 heterocycles. The number of carbonyl (C=O) groups excluding carboxylic acids is 1. The summed E-state index contributed by atoms with van der Waals surface area (Å²) in [5.41, 5.74) is 3.73. The normalized spacial score (nSPS) is 20.4. The number of aromatic nitrogens is 1. The average molecular weight is 500 g/mol. The molecule has 1 N–H and O–H groups in total. The molecule has 1 saturated carbocycles. The van der Waals surface area contributed by atoms with Gasteiger partial charge in [-0.15, -0.1) is 0 Å². The van der Waals surface area contributed by atoms with Gasteiger partial charge in [0.2, 0.25) is 5.17 Å². The minimum atomic E-state index is -0.409. The van der Waals surface area contributed by atoms with Crippen molar-refractivity contribution in [3.63, 3.8) is 0 Å². The Bertz CT molecular complexity index is 1270. The van der Waals surface area contributed by atoms with Gasteiger partial charge in [-0.05, 0) is 74.4 Å². The van der Waals surface area contributed by atoms with E-state index in [0.29, 0.717) is 21.1 Å². The first kappa shape index (κ1) is 22.4. The van der Waals surface area contributed by atoms with Gasteiger partial charge in [-0.1, -0.05) is 42.5 Å². The Morgan fingerprint density at radius 1 is 1.15 bits per heavy atom. The molecule has 0 radical (unpaired) electrons. The summed E-state index contributed by atoms with van der Waals surface area (Å²) in [5, 5.41) is 17.5. The number of nitrogens with zero attached hydrogens (tertiary/aromatic N) is 4. The van der Waals surface area contributed by atoms with Crippen molar-refractivity contribution in [2.45, 2.75) is 46.0 Å². The molecule has 1 aliphatic carbocycles. The van der Waals surface area contributed by atoms with E-state index in [1.54, 1.807) is 18.2 Å². The van der Waals surface area contributed by atoms with Gasteiger partial charge < -0.3 is 4.57 Å². The van der Waals surface area contributed by atoms with Crippen LogP contribution < -0.4 is 0 Å². The molecule has 6 nitrogen and oxygen atoms in total. The predicted octanol–water partition coefficient (Wildman–Crippen LogP) is 6.60. The van der Waals surface area contributed by atoms with Gasteiger partial charge >= 0.3 is 0 Å². The van der Waals surface area contributed by atoms with Gasteiger partial charge in [-0.3, -0.25) is 10.2 Å². The number of aryl methyl sites for hydroxylation is 1. The Labute approximate surface area is 206 Å². The van der Waals surface area contributed by atoms with Crippen molar-refractivity contribution in [2.24, 2.45) is 16.0 Å². The van der Waals surface area contributed by atoms with E-state index in [2.05, 4.69) is 10.1 Å². The Kier molecular flexibility index (Phi) is 5.97. The summed E-state index contributed by atoms with van der Waals surface area (Å²) in [6.45, 7) is 3.93. The first-order chi connectivity index (χ1) is 15.8. The Balaban J connectivity index is 1.49. The Morgan fingerprint density at radius 2 is 1.91 bits per heavy atom. The average Bonchev–Trinajstić information content (AvgIpc) is 3.33. The van der Waals surface area contributed by atoms with Crippen LogP contribution in [-0.4, -0.2) is 31.5 Å². The molecule has 0 spiro atoms. The van der Waals surface area contributed by atoms with Crippen LogP contribution in [0, 0.1) is 25.2 Å². The van der Waals surface area contributed by atoms with E-state index in [1.165, 1.54) is 36.0 Å². The van der Waals surface area contributed by atoms with Crippen LogP contribution in [0.1, 0.15) is 49.1 Å². The smallest absolute Gasteiger partial charge is 0.283 e. The Hall–Kier alpha value is -2.35. The van der Waals surface area contributed by atoms with E-state index in [4.69, 9.17) is 28.6 Å². The molecule has 1 amide bonds. The fraction of sp³-hybridized carbons (Fsp3) is 0.333. The lowest BCUT2D eigenvalue weighted by atomic mass is 9.90. The third kappa shape index (κ3) is 4.07. The lowest BCUT2D eigenvalue weighted by molar-refractivity contribution is -0.114. The van der Waals surface area contributed by atoms with Crippen LogP contribution in [-0.2, 0) is 4.79 Å². The Morgan fingerprint density at radius 3 is 2.64 bits per heavy atom. The number of fused-ring (bicyclic) bond motifs is 1. The van der Waals surface area contributed by atoms with Crippen molar-refractivity contribution >= 4 is 63.0 Å². The minimum absolute atomic E-state index is 0.0673. The van der Waals surface area contributed by atoms with Crippen LogP contribution in [0.15, 0.2) is 39.9 Å². The second-order valence-corrected chi connectivity index (χ2v) is 10.4. The number of amidine groups is 2. The number of benzene rings is 1. The second-order valence-electron chi connectivity index (χ2n) is 8.55. The van der Waals surface area contributed by atoms with Gasteiger partial charge in [0.05, 0.1) is 16.3 Å². The molecule has 170 valence electrons. The summed E-state index contributed by atoms with van der Waals surface area (Å²) in [5.74, 6) is 0.0567. The molecule has 0 unspecified atom stereocenters. The number of hydrogen-bond donors (Lipinski definition) is 1. The number of carbonyl (C=O) groups is 1. The first-order valence-corrected chi connectivity index (χ1v) is 12.5. The zero-order chi connectivity index (χ0) is 23.3. The molecule has 1 fully saturated rings. The number of halogens is 2. The highest BCUT2D eigenvalue weighted by molar-refractivity contribution is 8.27.